The molecule has 0 saturated heterocycles. The van der Waals surface area contributed by atoms with E-state index >= 15 is 0 Å². The number of hydrogen-bond acceptors (Lipinski definition) is 4. The number of ether oxygens (including phenoxy) is 2. The largest absolute Gasteiger partial charge is 0.497 e. The fraction of sp³-hybridized carbons (Fsp3) is 0.375. The number of amides is 1. The zero-order valence-corrected chi connectivity index (χ0v) is 13.2. The molecule has 0 aliphatic heterocycles. The van der Waals surface area contributed by atoms with E-state index in [2.05, 4.69) is 5.32 Å². The Morgan fingerprint density at radius 2 is 2.00 bits per heavy atom. The molecule has 2 N–H and O–H groups in total. The minimum Gasteiger partial charge on any atom is -0.497 e. The zero-order valence-electron chi connectivity index (χ0n) is 13.2. The first-order valence-corrected chi connectivity index (χ1v) is 6.77. The molecule has 1 aromatic carbocycles. The van der Waals surface area contributed by atoms with E-state index in [-0.39, 0.29) is 12.1 Å². The lowest BCUT2D eigenvalue weighted by atomic mass is 10.1. The number of nitrogens with one attached hydrogen (secondary N) is 1. The fourth-order valence-corrected chi connectivity index (χ4v) is 1.64. The second-order valence-corrected chi connectivity index (χ2v) is 5.54. The van der Waals surface area contributed by atoms with E-state index in [1.807, 2.05) is 0 Å². The lowest BCUT2D eigenvalue weighted by Crippen LogP contribution is -2.32. The third-order valence-electron chi connectivity index (χ3n) is 2.55. The number of alkyl carbamates (subject to hydrolysis) is 1. The summed E-state index contributed by atoms with van der Waals surface area (Å²) in [7, 11) is 1.51. The lowest BCUT2D eigenvalue weighted by molar-refractivity contribution is 0.0533. The monoisotopic (exact) mass is 307 g/mol. The van der Waals surface area contributed by atoms with Crippen LogP contribution in [0.4, 0.5) is 4.79 Å². The molecule has 0 fully saturated rings. The van der Waals surface area contributed by atoms with Crippen molar-refractivity contribution in [3.05, 3.63) is 35.4 Å². The number of aromatic carboxylic acids is 1. The Morgan fingerprint density at radius 1 is 1.32 bits per heavy atom. The second kappa shape index (κ2) is 7.49. The van der Waals surface area contributed by atoms with Crippen molar-refractivity contribution in [1.82, 2.24) is 5.32 Å². The summed E-state index contributed by atoms with van der Waals surface area (Å²) in [5, 5.41) is 11.7. The van der Waals surface area contributed by atoms with E-state index in [4.69, 9.17) is 14.6 Å². The maximum absolute atomic E-state index is 11.5. The number of benzene rings is 1. The van der Waals surface area contributed by atoms with Crippen LogP contribution in [0.2, 0.25) is 0 Å². The van der Waals surface area contributed by atoms with E-state index in [1.54, 1.807) is 45.1 Å². The van der Waals surface area contributed by atoms with Crippen LogP contribution in [-0.2, 0) is 4.74 Å². The van der Waals surface area contributed by atoms with Crippen molar-refractivity contribution in [2.75, 3.05) is 13.7 Å². The first-order valence-electron chi connectivity index (χ1n) is 6.77. The van der Waals surface area contributed by atoms with Crippen molar-refractivity contribution in [1.29, 1.82) is 0 Å². The molecule has 1 rings (SSSR count). The van der Waals surface area contributed by atoms with Crippen molar-refractivity contribution < 1.29 is 24.2 Å². The van der Waals surface area contributed by atoms with Crippen LogP contribution in [-0.4, -0.2) is 36.4 Å². The SMILES string of the molecule is COc1ccc(C(=O)O)c(C=CCNC(=O)OC(C)(C)C)c1. The van der Waals surface area contributed by atoms with Gasteiger partial charge in [-0.3, -0.25) is 0 Å². The van der Waals surface area contributed by atoms with Crippen molar-refractivity contribution in [2.24, 2.45) is 0 Å². The van der Waals surface area contributed by atoms with Gasteiger partial charge in [0.2, 0.25) is 0 Å². The van der Waals surface area contributed by atoms with Crippen LogP contribution in [0, 0.1) is 0 Å². The highest BCUT2D eigenvalue weighted by molar-refractivity contribution is 5.92. The van der Waals surface area contributed by atoms with E-state index in [0.717, 1.165) is 0 Å². The van der Waals surface area contributed by atoms with Crippen LogP contribution < -0.4 is 10.1 Å². The molecule has 6 nitrogen and oxygen atoms in total. The minimum atomic E-state index is -1.03. The van der Waals surface area contributed by atoms with Crippen LogP contribution in [0.3, 0.4) is 0 Å². The van der Waals surface area contributed by atoms with Gasteiger partial charge in [-0.25, -0.2) is 9.59 Å². The average molecular weight is 307 g/mol. The number of carbonyl (C=O) groups is 2. The molecule has 0 saturated carbocycles. The van der Waals surface area contributed by atoms with E-state index in [0.29, 0.717) is 11.3 Å². The number of carboxylic acid groups (broad SMARTS) is 1. The summed E-state index contributed by atoms with van der Waals surface area (Å²) < 4.78 is 10.2. The molecule has 1 aromatic rings. The quantitative estimate of drug-likeness (QED) is 0.873. The molecule has 0 heterocycles. The van der Waals surface area contributed by atoms with Crippen LogP contribution in [0.25, 0.3) is 6.08 Å². The normalized spacial score (nSPS) is 11.3. The molecule has 6 heteroatoms. The predicted octanol–water partition coefficient (Wildman–Crippen LogP) is 2.93. The van der Waals surface area contributed by atoms with Gasteiger partial charge in [0.05, 0.1) is 12.7 Å². The molecule has 0 aliphatic carbocycles. The number of methoxy groups -OCH3 is 1. The molecule has 0 aromatic heterocycles. The number of rotatable bonds is 5. The van der Waals surface area contributed by atoms with Gasteiger partial charge in [-0.1, -0.05) is 12.2 Å². The predicted molar refractivity (Wildman–Crippen MR) is 83.2 cm³/mol. The summed E-state index contributed by atoms with van der Waals surface area (Å²) in [6.07, 6.45) is 2.73. The molecule has 0 unspecified atom stereocenters. The summed E-state index contributed by atoms with van der Waals surface area (Å²) in [6.45, 7) is 5.55. The molecule has 0 spiro atoms. The van der Waals surface area contributed by atoms with Crippen molar-refractivity contribution in [2.45, 2.75) is 26.4 Å². The van der Waals surface area contributed by atoms with E-state index in [1.165, 1.54) is 13.2 Å². The topological polar surface area (TPSA) is 84.9 Å². The van der Waals surface area contributed by atoms with Gasteiger partial charge in [0, 0.05) is 6.54 Å². The molecule has 22 heavy (non-hydrogen) atoms. The number of hydrogen-bond donors (Lipinski definition) is 2. The Hall–Kier alpha value is -2.50. The highest BCUT2D eigenvalue weighted by atomic mass is 16.6. The van der Waals surface area contributed by atoms with Crippen molar-refractivity contribution in [3.63, 3.8) is 0 Å². The number of carbonyl (C=O) groups excluding carboxylic acids is 1. The molecule has 1 amide bonds. The fourth-order valence-electron chi connectivity index (χ4n) is 1.64. The average Bonchev–Trinajstić information content (AvgIpc) is 2.41. The van der Waals surface area contributed by atoms with Crippen molar-refractivity contribution in [3.8, 4) is 5.75 Å². The highest BCUT2D eigenvalue weighted by Crippen LogP contribution is 2.19. The van der Waals surface area contributed by atoms with Crippen LogP contribution in [0.1, 0.15) is 36.7 Å². The Labute approximate surface area is 129 Å². The minimum absolute atomic E-state index is 0.161. The van der Waals surface area contributed by atoms with Gasteiger partial charge in [-0.2, -0.15) is 0 Å². The van der Waals surface area contributed by atoms with Crippen LogP contribution >= 0.6 is 0 Å². The molecule has 0 bridgehead atoms. The number of carboxylic acids is 1. The summed E-state index contributed by atoms with van der Waals surface area (Å²) >= 11 is 0. The van der Waals surface area contributed by atoms with Gasteiger partial charge in [0.1, 0.15) is 11.4 Å². The van der Waals surface area contributed by atoms with Gasteiger partial charge in [0.15, 0.2) is 0 Å². The van der Waals surface area contributed by atoms with E-state index in [9.17, 15) is 9.59 Å². The van der Waals surface area contributed by atoms with E-state index < -0.39 is 17.7 Å². The Morgan fingerprint density at radius 3 is 2.55 bits per heavy atom. The lowest BCUT2D eigenvalue weighted by Gasteiger charge is -2.19. The highest BCUT2D eigenvalue weighted by Gasteiger charge is 2.15. The Bertz CT molecular complexity index is 572. The summed E-state index contributed by atoms with van der Waals surface area (Å²) in [5.74, 6) is -0.466. The zero-order chi connectivity index (χ0) is 16.8. The third-order valence-corrected chi connectivity index (χ3v) is 2.55. The molecule has 0 radical (unpaired) electrons. The van der Waals surface area contributed by atoms with Gasteiger partial charge in [-0.05, 0) is 44.5 Å². The summed E-state index contributed by atoms with van der Waals surface area (Å²) in [6, 6.07) is 4.68. The molecule has 0 atom stereocenters. The summed E-state index contributed by atoms with van der Waals surface area (Å²) in [5.41, 5.74) is 0.101. The van der Waals surface area contributed by atoms with Gasteiger partial charge >= 0.3 is 12.1 Å². The van der Waals surface area contributed by atoms with Gasteiger partial charge in [0.25, 0.3) is 0 Å². The molecular weight excluding hydrogens is 286 g/mol. The first kappa shape index (κ1) is 17.6. The molecule has 120 valence electrons. The summed E-state index contributed by atoms with van der Waals surface area (Å²) in [4.78, 5) is 22.6. The van der Waals surface area contributed by atoms with Gasteiger partial charge < -0.3 is 19.9 Å². The van der Waals surface area contributed by atoms with Crippen LogP contribution in [0.15, 0.2) is 24.3 Å². The second-order valence-electron chi connectivity index (χ2n) is 5.54. The Balaban J connectivity index is 2.70. The van der Waals surface area contributed by atoms with Crippen LogP contribution in [0.5, 0.6) is 5.75 Å². The standard InChI is InChI=1S/C16H21NO5/c1-16(2,3)22-15(20)17-9-5-6-11-10-12(21-4)7-8-13(11)14(18)19/h5-8,10H,9H2,1-4H3,(H,17,20)(H,18,19). The maximum Gasteiger partial charge on any atom is 0.407 e. The first-order chi connectivity index (χ1) is 10.2. The Kier molecular flexibility index (Phi) is 5.98. The third kappa shape index (κ3) is 5.87. The van der Waals surface area contributed by atoms with Gasteiger partial charge in [-0.15, -0.1) is 0 Å². The maximum atomic E-state index is 11.5. The molecule has 0 aliphatic rings. The molecular formula is C16H21NO5. The smallest absolute Gasteiger partial charge is 0.407 e. The van der Waals surface area contributed by atoms with Crippen molar-refractivity contribution >= 4 is 18.1 Å².